The Labute approximate surface area is 138 Å². The van der Waals surface area contributed by atoms with Crippen LogP contribution in [0.25, 0.3) is 0 Å². The number of halogens is 1. The monoisotopic (exact) mass is 325 g/mol. The van der Waals surface area contributed by atoms with Gasteiger partial charge in [0.2, 0.25) is 5.95 Å². The maximum atomic E-state index is 13.6. The first-order valence-corrected chi connectivity index (χ1v) is 7.32. The Morgan fingerprint density at radius 1 is 1.08 bits per heavy atom. The second kappa shape index (κ2) is 7.36. The lowest BCUT2D eigenvalue weighted by atomic mass is 10.2. The predicted octanol–water partition coefficient (Wildman–Crippen LogP) is 3.38. The van der Waals surface area contributed by atoms with Crippen LogP contribution in [0, 0.1) is 5.82 Å². The van der Waals surface area contributed by atoms with E-state index in [0.29, 0.717) is 18.1 Å². The first kappa shape index (κ1) is 15.7. The molecule has 2 aromatic carbocycles. The van der Waals surface area contributed by atoms with Crippen molar-refractivity contribution in [3.05, 3.63) is 66.1 Å². The van der Waals surface area contributed by atoms with E-state index in [-0.39, 0.29) is 11.8 Å². The smallest absolute Gasteiger partial charge is 0.249 e. The van der Waals surface area contributed by atoms with Gasteiger partial charge in [0.1, 0.15) is 11.6 Å². The highest BCUT2D eigenvalue weighted by Crippen LogP contribution is 2.17. The molecule has 0 fully saturated rings. The van der Waals surface area contributed by atoms with Gasteiger partial charge in [0.05, 0.1) is 19.0 Å². The van der Waals surface area contributed by atoms with Crippen LogP contribution in [0.1, 0.15) is 5.56 Å². The zero-order valence-corrected chi connectivity index (χ0v) is 13.0. The Kier molecular flexibility index (Phi) is 4.81. The van der Waals surface area contributed by atoms with Crippen LogP contribution in [0.3, 0.4) is 0 Å². The van der Waals surface area contributed by atoms with Crippen molar-refractivity contribution in [1.82, 2.24) is 15.2 Å². The molecule has 2 N–H and O–H groups in total. The van der Waals surface area contributed by atoms with Crippen molar-refractivity contribution in [1.29, 1.82) is 0 Å². The highest BCUT2D eigenvalue weighted by molar-refractivity contribution is 5.54. The number of aromatic nitrogens is 3. The average molecular weight is 325 g/mol. The average Bonchev–Trinajstić information content (AvgIpc) is 2.63. The lowest BCUT2D eigenvalue weighted by Gasteiger charge is -2.08. The number of rotatable bonds is 6. The van der Waals surface area contributed by atoms with Crippen LogP contribution in [-0.2, 0) is 6.54 Å². The van der Waals surface area contributed by atoms with Gasteiger partial charge in [-0.2, -0.15) is 10.1 Å². The molecule has 1 aromatic heterocycles. The summed E-state index contributed by atoms with van der Waals surface area (Å²) in [6, 6.07) is 14.0. The van der Waals surface area contributed by atoms with Crippen LogP contribution >= 0.6 is 0 Å². The van der Waals surface area contributed by atoms with Crippen molar-refractivity contribution >= 4 is 17.5 Å². The summed E-state index contributed by atoms with van der Waals surface area (Å²) in [7, 11) is 1.63. The summed E-state index contributed by atoms with van der Waals surface area (Å²) in [5, 5.41) is 13.7. The summed E-state index contributed by atoms with van der Waals surface area (Å²) in [6.45, 7) is 0.571. The maximum absolute atomic E-state index is 13.6. The second-order valence-electron chi connectivity index (χ2n) is 4.97. The van der Waals surface area contributed by atoms with E-state index in [0.717, 1.165) is 11.3 Å². The van der Waals surface area contributed by atoms with Gasteiger partial charge in [-0.15, -0.1) is 5.10 Å². The molecule has 1 heterocycles. The summed E-state index contributed by atoms with van der Waals surface area (Å²) in [6.07, 6.45) is 1.51. The number of para-hydroxylation sites is 1. The SMILES string of the molecule is COc1ccc(CNc2cnnc(Nc3ccccc3F)n2)cc1. The van der Waals surface area contributed by atoms with E-state index in [1.54, 1.807) is 25.3 Å². The summed E-state index contributed by atoms with van der Waals surface area (Å²) < 4.78 is 18.8. The van der Waals surface area contributed by atoms with Crippen LogP contribution in [0.2, 0.25) is 0 Å². The van der Waals surface area contributed by atoms with E-state index in [2.05, 4.69) is 25.8 Å². The summed E-state index contributed by atoms with van der Waals surface area (Å²) in [5.74, 6) is 1.19. The van der Waals surface area contributed by atoms with Gasteiger partial charge >= 0.3 is 0 Å². The molecule has 3 rings (SSSR count). The van der Waals surface area contributed by atoms with Gasteiger partial charge < -0.3 is 15.4 Å². The van der Waals surface area contributed by atoms with Crippen molar-refractivity contribution in [2.75, 3.05) is 17.7 Å². The van der Waals surface area contributed by atoms with Gasteiger partial charge in [0, 0.05) is 6.54 Å². The summed E-state index contributed by atoms with van der Waals surface area (Å²) in [5.41, 5.74) is 1.37. The molecular formula is C17H16FN5O. The topological polar surface area (TPSA) is 72.0 Å². The van der Waals surface area contributed by atoms with Crippen molar-refractivity contribution in [2.45, 2.75) is 6.54 Å². The largest absolute Gasteiger partial charge is 0.497 e. The first-order valence-electron chi connectivity index (χ1n) is 7.32. The number of nitrogens with one attached hydrogen (secondary N) is 2. The molecule has 0 radical (unpaired) electrons. The summed E-state index contributed by atoms with van der Waals surface area (Å²) in [4.78, 5) is 4.27. The Bertz CT molecular complexity index is 810. The number of nitrogens with zero attached hydrogens (tertiary/aromatic N) is 3. The molecule has 3 aromatic rings. The number of benzene rings is 2. The molecule has 24 heavy (non-hydrogen) atoms. The molecule has 0 saturated heterocycles. The second-order valence-corrected chi connectivity index (χ2v) is 4.97. The third kappa shape index (κ3) is 3.95. The van der Waals surface area contributed by atoms with E-state index in [4.69, 9.17) is 4.74 Å². The van der Waals surface area contributed by atoms with Crippen LogP contribution in [-0.4, -0.2) is 22.3 Å². The molecule has 6 nitrogen and oxygen atoms in total. The van der Waals surface area contributed by atoms with Gasteiger partial charge in [0.25, 0.3) is 0 Å². The molecule has 0 aliphatic carbocycles. The van der Waals surface area contributed by atoms with E-state index in [9.17, 15) is 4.39 Å². The number of hydrogen-bond donors (Lipinski definition) is 2. The highest BCUT2D eigenvalue weighted by atomic mass is 19.1. The van der Waals surface area contributed by atoms with Crippen LogP contribution in [0.5, 0.6) is 5.75 Å². The Balaban J connectivity index is 1.65. The molecule has 0 saturated carbocycles. The van der Waals surface area contributed by atoms with E-state index < -0.39 is 0 Å². The Morgan fingerprint density at radius 2 is 1.88 bits per heavy atom. The van der Waals surface area contributed by atoms with Gasteiger partial charge in [-0.25, -0.2) is 4.39 Å². The fourth-order valence-corrected chi connectivity index (χ4v) is 2.06. The zero-order valence-electron chi connectivity index (χ0n) is 13.0. The molecule has 0 spiro atoms. The first-order chi connectivity index (χ1) is 11.7. The fourth-order valence-electron chi connectivity index (χ4n) is 2.06. The van der Waals surface area contributed by atoms with E-state index in [1.165, 1.54) is 12.3 Å². The van der Waals surface area contributed by atoms with Crippen LogP contribution in [0.15, 0.2) is 54.7 Å². The Morgan fingerprint density at radius 3 is 2.62 bits per heavy atom. The highest BCUT2D eigenvalue weighted by Gasteiger charge is 2.05. The van der Waals surface area contributed by atoms with Gasteiger partial charge in [0.15, 0.2) is 5.82 Å². The fraction of sp³-hybridized carbons (Fsp3) is 0.118. The van der Waals surface area contributed by atoms with E-state index >= 15 is 0 Å². The molecule has 122 valence electrons. The molecular weight excluding hydrogens is 309 g/mol. The third-order valence-corrected chi connectivity index (χ3v) is 3.31. The lowest BCUT2D eigenvalue weighted by molar-refractivity contribution is 0.414. The standard InChI is InChI=1S/C17H16FN5O/c1-24-13-8-6-12(7-9-13)10-19-16-11-20-23-17(22-16)21-15-5-3-2-4-14(15)18/h2-9,11H,10H2,1H3,(H2,19,21,22,23). The van der Waals surface area contributed by atoms with Gasteiger partial charge in [-0.3, -0.25) is 0 Å². The predicted molar refractivity (Wildman–Crippen MR) is 89.8 cm³/mol. The number of hydrogen-bond acceptors (Lipinski definition) is 6. The minimum absolute atomic E-state index is 0.222. The van der Waals surface area contributed by atoms with Crippen molar-refractivity contribution in [2.24, 2.45) is 0 Å². The van der Waals surface area contributed by atoms with Crippen LogP contribution < -0.4 is 15.4 Å². The van der Waals surface area contributed by atoms with Crippen molar-refractivity contribution in [3.8, 4) is 5.75 Å². The normalized spacial score (nSPS) is 10.2. The van der Waals surface area contributed by atoms with Crippen LogP contribution in [0.4, 0.5) is 21.8 Å². The summed E-state index contributed by atoms with van der Waals surface area (Å²) >= 11 is 0. The minimum atomic E-state index is -0.377. The quantitative estimate of drug-likeness (QED) is 0.724. The molecule has 0 aliphatic rings. The lowest BCUT2D eigenvalue weighted by Crippen LogP contribution is -2.06. The molecule has 0 unspecified atom stereocenters. The van der Waals surface area contributed by atoms with Crippen molar-refractivity contribution in [3.63, 3.8) is 0 Å². The minimum Gasteiger partial charge on any atom is -0.497 e. The number of anilines is 3. The number of methoxy groups -OCH3 is 1. The van der Waals surface area contributed by atoms with Gasteiger partial charge in [-0.1, -0.05) is 24.3 Å². The van der Waals surface area contributed by atoms with E-state index in [1.807, 2.05) is 24.3 Å². The maximum Gasteiger partial charge on any atom is 0.249 e. The van der Waals surface area contributed by atoms with Crippen molar-refractivity contribution < 1.29 is 9.13 Å². The molecule has 0 atom stereocenters. The third-order valence-electron chi connectivity index (χ3n) is 3.31. The van der Waals surface area contributed by atoms with Gasteiger partial charge in [-0.05, 0) is 29.8 Å². The molecule has 0 amide bonds. The zero-order chi connectivity index (χ0) is 16.8. The number of ether oxygens (including phenoxy) is 1. The molecule has 0 aliphatic heterocycles. The Hall–Kier alpha value is -3.22. The molecule has 7 heteroatoms. The molecule has 0 bridgehead atoms.